The summed E-state index contributed by atoms with van der Waals surface area (Å²) in [5, 5.41) is 16.6. The summed E-state index contributed by atoms with van der Waals surface area (Å²) in [6.45, 7) is 0. The highest BCUT2D eigenvalue weighted by Gasteiger charge is 2.29. The monoisotopic (exact) mass is 275 g/mol. The predicted molar refractivity (Wildman–Crippen MR) is 69.6 cm³/mol. The third kappa shape index (κ3) is 2.02. The van der Waals surface area contributed by atoms with Gasteiger partial charge >= 0.3 is 5.95 Å². The van der Waals surface area contributed by atoms with Gasteiger partial charge < -0.3 is 9.94 Å². The van der Waals surface area contributed by atoms with Gasteiger partial charge in [0, 0.05) is 5.38 Å². The third-order valence-corrected chi connectivity index (χ3v) is 3.24. The van der Waals surface area contributed by atoms with Crippen molar-refractivity contribution in [1.82, 2.24) is 10.6 Å². The molecule has 3 N–H and O–H groups in total. The Kier molecular flexibility index (Phi) is 2.86. The molecule has 2 aromatic rings. The van der Waals surface area contributed by atoms with Crippen LogP contribution >= 0.6 is 11.3 Å². The number of hydrogen-bond donors (Lipinski definition) is 3. The van der Waals surface area contributed by atoms with Crippen LogP contribution in [0, 0.1) is 5.53 Å². The quantitative estimate of drug-likeness (QED) is 0.749. The van der Waals surface area contributed by atoms with Crippen molar-refractivity contribution in [2.24, 2.45) is 5.11 Å². The fourth-order valence-corrected chi connectivity index (χ4v) is 2.27. The van der Waals surface area contributed by atoms with Crippen LogP contribution in [0.1, 0.15) is 5.69 Å². The first-order valence-electron chi connectivity index (χ1n) is 5.34. The van der Waals surface area contributed by atoms with Gasteiger partial charge in [0.25, 0.3) is 0 Å². The molecule has 1 aromatic carbocycles. The van der Waals surface area contributed by atoms with Crippen LogP contribution < -0.4 is 10.6 Å². The van der Waals surface area contributed by atoms with Gasteiger partial charge in [0.2, 0.25) is 5.13 Å². The molecule has 0 bridgehead atoms. The molecule has 0 spiro atoms. The minimum absolute atomic E-state index is 0.273. The van der Waals surface area contributed by atoms with Gasteiger partial charge in [0.05, 0.1) is 5.69 Å². The summed E-state index contributed by atoms with van der Waals surface area (Å²) in [4.78, 5) is 9.05. The lowest BCUT2D eigenvalue weighted by Gasteiger charge is -2.17. The first-order chi connectivity index (χ1) is 9.29. The number of thiazole rings is 1. The largest absolute Gasteiger partial charge is 0.478 e. The first-order valence-corrected chi connectivity index (χ1v) is 6.22. The van der Waals surface area contributed by atoms with Gasteiger partial charge in [-0.15, -0.1) is 16.5 Å². The van der Waals surface area contributed by atoms with Crippen LogP contribution in [-0.4, -0.2) is 10.1 Å². The smallest absolute Gasteiger partial charge is 0.327 e. The average Bonchev–Trinajstić information content (AvgIpc) is 3.05. The SMILES string of the molecule is N=Nc1nc(C2=C(O)ONN2c2ccccc2)cs1. The average molecular weight is 275 g/mol. The summed E-state index contributed by atoms with van der Waals surface area (Å²) < 4.78 is 0. The van der Waals surface area contributed by atoms with Crippen LogP contribution in [0.3, 0.4) is 0 Å². The predicted octanol–water partition coefficient (Wildman–Crippen LogP) is 2.95. The molecule has 0 amide bonds. The van der Waals surface area contributed by atoms with E-state index in [9.17, 15) is 5.11 Å². The van der Waals surface area contributed by atoms with Crippen LogP contribution in [-0.2, 0) is 4.84 Å². The van der Waals surface area contributed by atoms with Crippen molar-refractivity contribution in [2.75, 3.05) is 5.01 Å². The summed E-state index contributed by atoms with van der Waals surface area (Å²) in [5.74, 6) is -0.273. The van der Waals surface area contributed by atoms with Gasteiger partial charge in [-0.2, -0.15) is 0 Å². The summed E-state index contributed by atoms with van der Waals surface area (Å²) in [6.07, 6.45) is 0. The van der Waals surface area contributed by atoms with Crippen LogP contribution in [0.2, 0.25) is 0 Å². The second kappa shape index (κ2) is 4.67. The molecule has 0 saturated carbocycles. The number of hydrogen-bond acceptors (Lipinski definition) is 8. The van der Waals surface area contributed by atoms with Crippen molar-refractivity contribution >= 4 is 27.9 Å². The molecule has 0 saturated heterocycles. The van der Waals surface area contributed by atoms with Gasteiger partial charge in [-0.05, 0) is 12.1 Å². The highest BCUT2D eigenvalue weighted by molar-refractivity contribution is 7.13. The molecular formula is C11H9N5O2S. The Labute approximate surface area is 112 Å². The molecule has 3 rings (SSSR count). The summed E-state index contributed by atoms with van der Waals surface area (Å²) in [6, 6.07) is 9.35. The molecule has 1 aliphatic heterocycles. The summed E-state index contributed by atoms with van der Waals surface area (Å²) >= 11 is 1.22. The highest BCUT2D eigenvalue weighted by atomic mass is 32.1. The third-order valence-electron chi connectivity index (χ3n) is 2.50. The van der Waals surface area contributed by atoms with E-state index in [1.807, 2.05) is 30.3 Å². The van der Waals surface area contributed by atoms with Gasteiger partial charge in [0.1, 0.15) is 5.69 Å². The van der Waals surface area contributed by atoms with Crippen molar-refractivity contribution in [3.63, 3.8) is 0 Å². The van der Waals surface area contributed by atoms with Crippen molar-refractivity contribution < 1.29 is 9.94 Å². The zero-order valence-corrected chi connectivity index (χ0v) is 10.4. The lowest BCUT2D eigenvalue weighted by atomic mass is 10.2. The number of anilines is 1. The van der Waals surface area contributed by atoms with Crippen LogP contribution in [0.15, 0.2) is 46.8 Å². The number of aliphatic hydroxyl groups excluding tert-OH is 1. The van der Waals surface area contributed by atoms with Crippen LogP contribution in [0.25, 0.3) is 5.70 Å². The van der Waals surface area contributed by atoms with Gasteiger partial charge in [0.15, 0.2) is 5.70 Å². The van der Waals surface area contributed by atoms with Crippen LogP contribution in [0.4, 0.5) is 10.8 Å². The highest BCUT2D eigenvalue weighted by Crippen LogP contribution is 2.32. The number of aromatic nitrogens is 1. The Hall–Kier alpha value is -2.45. The Morgan fingerprint density at radius 3 is 2.84 bits per heavy atom. The molecule has 96 valence electrons. The number of aliphatic hydroxyl groups is 1. The first kappa shape index (κ1) is 11.6. The number of rotatable bonds is 3. The molecule has 0 unspecified atom stereocenters. The number of para-hydroxylation sites is 1. The molecule has 8 heteroatoms. The van der Waals surface area contributed by atoms with E-state index in [1.165, 1.54) is 11.3 Å². The minimum Gasteiger partial charge on any atom is -0.478 e. The minimum atomic E-state index is -0.273. The lowest BCUT2D eigenvalue weighted by molar-refractivity contribution is 0.0461. The molecule has 2 heterocycles. The molecule has 0 atom stereocenters. The van der Waals surface area contributed by atoms with Gasteiger partial charge in [-0.25, -0.2) is 15.5 Å². The molecule has 1 aliphatic rings. The molecule has 0 aliphatic carbocycles. The summed E-state index contributed by atoms with van der Waals surface area (Å²) in [5.41, 5.74) is 11.2. The van der Waals surface area contributed by atoms with Crippen molar-refractivity contribution in [2.45, 2.75) is 0 Å². The molecule has 0 radical (unpaired) electrons. The maximum Gasteiger partial charge on any atom is 0.327 e. The lowest BCUT2D eigenvalue weighted by Crippen LogP contribution is -2.30. The molecule has 0 fully saturated rings. The second-order valence-electron chi connectivity index (χ2n) is 3.65. The van der Waals surface area contributed by atoms with E-state index in [1.54, 1.807) is 10.4 Å². The fraction of sp³-hybridized carbons (Fsp3) is 0. The van der Waals surface area contributed by atoms with E-state index in [0.717, 1.165) is 5.69 Å². The van der Waals surface area contributed by atoms with E-state index >= 15 is 0 Å². The normalized spacial score (nSPS) is 14.6. The van der Waals surface area contributed by atoms with E-state index in [4.69, 9.17) is 10.4 Å². The zero-order chi connectivity index (χ0) is 13.2. The Morgan fingerprint density at radius 1 is 1.37 bits per heavy atom. The standard InChI is InChI=1S/C11H9N5O2S/c12-14-11-13-8(6-19-11)9-10(17)18-15-16(9)7-4-2-1-3-5-7/h1-6,12,15,17H. The maximum atomic E-state index is 9.80. The second-order valence-corrected chi connectivity index (χ2v) is 4.48. The fourth-order valence-electron chi connectivity index (χ4n) is 1.69. The Bertz CT molecular complexity index is 640. The maximum absolute atomic E-state index is 9.80. The zero-order valence-electron chi connectivity index (χ0n) is 9.57. The van der Waals surface area contributed by atoms with E-state index in [0.29, 0.717) is 16.5 Å². The molecule has 1 aromatic heterocycles. The van der Waals surface area contributed by atoms with Crippen LogP contribution in [0.5, 0.6) is 0 Å². The number of nitrogens with zero attached hydrogens (tertiary/aromatic N) is 3. The molecule has 7 nitrogen and oxygen atoms in total. The topological polar surface area (TPSA) is 93.8 Å². The van der Waals surface area contributed by atoms with Crippen molar-refractivity contribution in [3.05, 3.63) is 47.4 Å². The van der Waals surface area contributed by atoms with E-state index in [2.05, 4.69) is 15.7 Å². The van der Waals surface area contributed by atoms with Gasteiger partial charge in [-0.3, -0.25) is 0 Å². The van der Waals surface area contributed by atoms with E-state index < -0.39 is 0 Å². The van der Waals surface area contributed by atoms with Crippen molar-refractivity contribution in [3.8, 4) is 0 Å². The molecular weight excluding hydrogens is 266 g/mol. The summed E-state index contributed by atoms with van der Waals surface area (Å²) in [7, 11) is 0. The van der Waals surface area contributed by atoms with E-state index in [-0.39, 0.29) is 5.95 Å². The van der Waals surface area contributed by atoms with Crippen molar-refractivity contribution in [1.29, 1.82) is 5.53 Å². The Morgan fingerprint density at radius 2 is 2.16 bits per heavy atom. The van der Waals surface area contributed by atoms with Gasteiger partial charge in [-0.1, -0.05) is 23.8 Å². The Balaban J connectivity index is 2.02. The molecule has 19 heavy (non-hydrogen) atoms. The number of hydrazine groups is 1. The number of benzene rings is 1. The number of nitrogens with one attached hydrogen (secondary N) is 2.